The molecule has 3 heteroatoms. The molecule has 0 spiro atoms. The highest BCUT2D eigenvalue weighted by atomic mass is 16.3. The smallest absolute Gasteiger partial charge is 0.0585 e. The van der Waals surface area contributed by atoms with E-state index >= 15 is 0 Å². The molecule has 1 atom stereocenters. The topological polar surface area (TPSA) is 35.5 Å². The lowest BCUT2D eigenvalue weighted by atomic mass is 10.0. The highest BCUT2D eigenvalue weighted by molar-refractivity contribution is 4.70. The van der Waals surface area contributed by atoms with Crippen LogP contribution in [0.4, 0.5) is 0 Å². The van der Waals surface area contributed by atoms with Crippen LogP contribution in [0.1, 0.15) is 53.4 Å². The molecule has 110 valence electrons. The Balaban J connectivity index is 3.95. The van der Waals surface area contributed by atoms with Crippen LogP contribution in [-0.2, 0) is 0 Å². The van der Waals surface area contributed by atoms with Crippen molar-refractivity contribution in [3.8, 4) is 0 Å². The molecule has 0 aliphatic heterocycles. The Hall–Kier alpha value is -0.120. The Morgan fingerprint density at radius 2 is 1.78 bits per heavy atom. The third-order valence-electron chi connectivity index (χ3n) is 3.82. The largest absolute Gasteiger partial charge is 0.395 e. The molecule has 2 N–H and O–H groups in total. The minimum absolute atomic E-state index is 0.253. The van der Waals surface area contributed by atoms with Gasteiger partial charge in [-0.15, -0.1) is 0 Å². The second-order valence-corrected chi connectivity index (χ2v) is 5.20. The van der Waals surface area contributed by atoms with Crippen LogP contribution >= 0.6 is 0 Å². The first-order valence-corrected chi connectivity index (χ1v) is 7.78. The zero-order valence-electron chi connectivity index (χ0n) is 12.9. The van der Waals surface area contributed by atoms with Crippen molar-refractivity contribution in [3.05, 3.63) is 0 Å². The summed E-state index contributed by atoms with van der Waals surface area (Å²) < 4.78 is 0. The Kier molecular flexibility index (Phi) is 11.9. The molecule has 0 saturated heterocycles. The second-order valence-electron chi connectivity index (χ2n) is 5.20. The molecule has 1 unspecified atom stereocenters. The summed E-state index contributed by atoms with van der Waals surface area (Å²) >= 11 is 0. The van der Waals surface area contributed by atoms with Crippen molar-refractivity contribution in [3.63, 3.8) is 0 Å². The summed E-state index contributed by atoms with van der Waals surface area (Å²) in [5.74, 6) is 0.820. The predicted octanol–water partition coefficient (Wildman–Crippen LogP) is 2.50. The molecule has 0 aromatic rings. The molecule has 0 rings (SSSR count). The van der Waals surface area contributed by atoms with E-state index < -0.39 is 0 Å². The van der Waals surface area contributed by atoms with Crippen molar-refractivity contribution in [2.75, 3.05) is 32.8 Å². The van der Waals surface area contributed by atoms with Gasteiger partial charge in [0.1, 0.15) is 0 Å². The number of aliphatic hydroxyl groups excluding tert-OH is 1. The van der Waals surface area contributed by atoms with Crippen LogP contribution in [0, 0.1) is 5.92 Å². The molecule has 0 bridgehead atoms. The summed E-state index contributed by atoms with van der Waals surface area (Å²) in [5, 5.41) is 12.7. The number of nitrogens with one attached hydrogen (secondary N) is 1. The number of nitrogens with zero attached hydrogens (tertiary/aromatic N) is 1. The first-order chi connectivity index (χ1) is 8.71. The van der Waals surface area contributed by atoms with Gasteiger partial charge in [-0.2, -0.15) is 0 Å². The highest BCUT2D eigenvalue weighted by Gasteiger charge is 2.12. The molecular formula is C15H34N2O. The first kappa shape index (κ1) is 17.9. The van der Waals surface area contributed by atoms with Crippen LogP contribution < -0.4 is 5.32 Å². The maximum atomic E-state index is 9.33. The monoisotopic (exact) mass is 258 g/mol. The third kappa shape index (κ3) is 8.06. The molecule has 3 nitrogen and oxygen atoms in total. The van der Waals surface area contributed by atoms with Gasteiger partial charge in [-0.25, -0.2) is 0 Å². The number of hydrogen-bond donors (Lipinski definition) is 2. The van der Waals surface area contributed by atoms with E-state index in [0.29, 0.717) is 0 Å². The van der Waals surface area contributed by atoms with Crippen molar-refractivity contribution in [2.24, 2.45) is 5.92 Å². The quantitative estimate of drug-likeness (QED) is 0.564. The first-order valence-electron chi connectivity index (χ1n) is 7.78. The number of aliphatic hydroxyl groups is 1. The molecule has 0 aliphatic rings. The lowest BCUT2D eigenvalue weighted by Gasteiger charge is -2.27. The minimum Gasteiger partial charge on any atom is -0.395 e. The summed E-state index contributed by atoms with van der Waals surface area (Å²) in [7, 11) is 0. The van der Waals surface area contributed by atoms with E-state index in [0.717, 1.165) is 38.4 Å². The lowest BCUT2D eigenvalue weighted by molar-refractivity contribution is 0.192. The molecule has 0 aromatic heterocycles. The van der Waals surface area contributed by atoms with E-state index in [2.05, 4.69) is 37.9 Å². The van der Waals surface area contributed by atoms with Crippen molar-refractivity contribution in [1.29, 1.82) is 0 Å². The van der Waals surface area contributed by atoms with Crippen LogP contribution in [0.2, 0.25) is 0 Å². The third-order valence-corrected chi connectivity index (χ3v) is 3.82. The van der Waals surface area contributed by atoms with Crippen LogP contribution in [0.5, 0.6) is 0 Å². The molecule has 0 aromatic carbocycles. The molecule has 0 saturated carbocycles. The normalized spacial score (nSPS) is 13.5. The number of hydrogen-bond acceptors (Lipinski definition) is 3. The summed E-state index contributed by atoms with van der Waals surface area (Å²) in [4.78, 5) is 2.52. The Morgan fingerprint density at radius 1 is 1.11 bits per heavy atom. The van der Waals surface area contributed by atoms with Gasteiger partial charge in [0.2, 0.25) is 0 Å². The van der Waals surface area contributed by atoms with Gasteiger partial charge in [0.05, 0.1) is 6.61 Å². The number of rotatable bonds is 12. The van der Waals surface area contributed by atoms with E-state index in [4.69, 9.17) is 0 Å². The van der Waals surface area contributed by atoms with E-state index in [-0.39, 0.29) is 12.6 Å². The average molecular weight is 258 g/mol. The van der Waals surface area contributed by atoms with E-state index in [1.807, 2.05) is 0 Å². The maximum absolute atomic E-state index is 9.33. The minimum atomic E-state index is 0.253. The lowest BCUT2D eigenvalue weighted by Crippen LogP contribution is -2.38. The summed E-state index contributed by atoms with van der Waals surface area (Å²) in [6, 6.07) is 0.265. The highest BCUT2D eigenvalue weighted by Crippen LogP contribution is 2.10. The maximum Gasteiger partial charge on any atom is 0.0585 e. The Labute approximate surface area is 114 Å². The zero-order valence-corrected chi connectivity index (χ0v) is 12.9. The van der Waals surface area contributed by atoms with E-state index in [9.17, 15) is 5.11 Å². The molecule has 0 radical (unpaired) electrons. The summed E-state index contributed by atoms with van der Waals surface area (Å²) in [5.41, 5.74) is 0. The van der Waals surface area contributed by atoms with Crippen LogP contribution in [0.3, 0.4) is 0 Å². The van der Waals surface area contributed by atoms with Crippen LogP contribution in [0.15, 0.2) is 0 Å². The summed E-state index contributed by atoms with van der Waals surface area (Å²) in [6.07, 6.45) is 4.71. The van der Waals surface area contributed by atoms with Gasteiger partial charge in [0, 0.05) is 12.6 Å². The van der Waals surface area contributed by atoms with Crippen molar-refractivity contribution < 1.29 is 5.11 Å². The second kappa shape index (κ2) is 11.9. The molecule has 0 heterocycles. The van der Waals surface area contributed by atoms with Gasteiger partial charge in [-0.05, 0) is 38.4 Å². The van der Waals surface area contributed by atoms with Gasteiger partial charge in [0.15, 0.2) is 0 Å². The van der Waals surface area contributed by atoms with Gasteiger partial charge in [-0.3, -0.25) is 0 Å². The van der Waals surface area contributed by atoms with Gasteiger partial charge >= 0.3 is 0 Å². The molecular weight excluding hydrogens is 224 g/mol. The SMILES string of the molecule is CCCNC(CO)CCN(CC)CC(CC)CC. The fourth-order valence-electron chi connectivity index (χ4n) is 2.24. The fraction of sp³-hybridized carbons (Fsp3) is 1.00. The zero-order chi connectivity index (χ0) is 13.8. The average Bonchev–Trinajstić information content (AvgIpc) is 2.42. The molecule has 0 aliphatic carbocycles. The molecule has 0 fully saturated rings. The molecule has 18 heavy (non-hydrogen) atoms. The predicted molar refractivity (Wildman–Crippen MR) is 80.0 cm³/mol. The van der Waals surface area contributed by atoms with Crippen molar-refractivity contribution >= 4 is 0 Å². The van der Waals surface area contributed by atoms with Crippen LogP contribution in [0.25, 0.3) is 0 Å². The standard InChI is InChI=1S/C15H34N2O/c1-5-10-16-15(13-18)9-11-17(8-4)12-14(6-2)7-3/h14-16,18H,5-13H2,1-4H3. The Bertz CT molecular complexity index is 172. The van der Waals surface area contributed by atoms with Crippen molar-refractivity contribution in [1.82, 2.24) is 10.2 Å². The van der Waals surface area contributed by atoms with Crippen molar-refractivity contribution in [2.45, 2.75) is 59.4 Å². The van der Waals surface area contributed by atoms with Gasteiger partial charge < -0.3 is 15.3 Å². The molecule has 0 amide bonds. The van der Waals surface area contributed by atoms with E-state index in [1.54, 1.807) is 0 Å². The van der Waals surface area contributed by atoms with Gasteiger partial charge in [-0.1, -0.05) is 40.5 Å². The van der Waals surface area contributed by atoms with Crippen LogP contribution in [-0.4, -0.2) is 48.8 Å². The fourth-order valence-corrected chi connectivity index (χ4v) is 2.24. The van der Waals surface area contributed by atoms with Gasteiger partial charge in [0.25, 0.3) is 0 Å². The summed E-state index contributed by atoms with van der Waals surface area (Å²) in [6.45, 7) is 13.6. The Morgan fingerprint density at radius 3 is 2.22 bits per heavy atom. The van der Waals surface area contributed by atoms with E-state index in [1.165, 1.54) is 19.4 Å².